The molecule has 5 aromatic rings. The first-order valence-electron chi connectivity index (χ1n) is 11.6. The summed E-state index contributed by atoms with van der Waals surface area (Å²) in [5, 5.41) is 26.9. The maximum Gasteiger partial charge on any atom is 0.238 e. The van der Waals surface area contributed by atoms with Gasteiger partial charge in [0.1, 0.15) is 5.75 Å². The van der Waals surface area contributed by atoms with Gasteiger partial charge in [-0.2, -0.15) is 5.10 Å². The van der Waals surface area contributed by atoms with Crippen LogP contribution in [0.15, 0.2) is 113 Å². The number of sulfonamides is 1. The molecule has 6 nitrogen and oxygen atoms in total. The van der Waals surface area contributed by atoms with E-state index in [1.54, 1.807) is 30.3 Å². The lowest BCUT2D eigenvalue weighted by molar-refractivity contribution is 0.475. The second kappa shape index (κ2) is 8.48. The summed E-state index contributed by atoms with van der Waals surface area (Å²) >= 11 is 0. The number of fused-ring (bicyclic) bond motifs is 2. The zero-order valence-corrected chi connectivity index (χ0v) is 20.1. The molecular weight excluding hydrogens is 470 g/mol. The van der Waals surface area contributed by atoms with Gasteiger partial charge in [0.25, 0.3) is 0 Å². The molecule has 0 saturated heterocycles. The van der Waals surface area contributed by atoms with Crippen molar-refractivity contribution in [3.05, 3.63) is 114 Å². The number of phenols is 1. The van der Waals surface area contributed by atoms with Gasteiger partial charge >= 0.3 is 0 Å². The molecular formula is C29H23N3O3S. The number of nitrogens with two attached hydrogens (primary N) is 1. The molecule has 178 valence electrons. The van der Waals surface area contributed by atoms with Crippen LogP contribution >= 0.6 is 0 Å². The highest BCUT2D eigenvalue weighted by atomic mass is 32.2. The zero-order valence-electron chi connectivity index (χ0n) is 19.2. The summed E-state index contributed by atoms with van der Waals surface area (Å²) in [4.78, 5) is 0.0507. The Hall–Kier alpha value is -4.20. The van der Waals surface area contributed by atoms with Crippen LogP contribution in [0.2, 0.25) is 0 Å². The molecule has 0 unspecified atom stereocenters. The topological polar surface area (TPSA) is 96.0 Å². The molecule has 3 N–H and O–H groups in total. The van der Waals surface area contributed by atoms with Crippen molar-refractivity contribution in [3.63, 3.8) is 0 Å². The molecule has 0 amide bonds. The Morgan fingerprint density at radius 3 is 2.06 bits per heavy atom. The standard InChI is InChI=1S/C29H23N3O3S/c30-36(34,35)24-14-12-22(13-15-24)32-28(18-27(31-32)21-8-5-9-23(33)17-21)29-25-10-3-1-6-19(25)16-20-7-2-4-11-26(20)29/h1-17,28,33H,18H2,(H2,30,34,35)/t28-/m0/s1. The van der Waals surface area contributed by atoms with E-state index in [0.29, 0.717) is 6.42 Å². The van der Waals surface area contributed by atoms with Crippen LogP contribution in [0.5, 0.6) is 5.75 Å². The fourth-order valence-electron chi connectivity index (χ4n) is 5.03. The Kier molecular flexibility index (Phi) is 5.25. The molecule has 0 aliphatic carbocycles. The number of anilines is 1. The van der Waals surface area contributed by atoms with Gasteiger partial charge in [0.2, 0.25) is 10.0 Å². The molecule has 0 aromatic heterocycles. The minimum Gasteiger partial charge on any atom is -0.508 e. The van der Waals surface area contributed by atoms with E-state index >= 15 is 0 Å². The number of hydrogen-bond acceptors (Lipinski definition) is 5. The Bertz CT molecular complexity index is 1710. The molecule has 0 radical (unpaired) electrons. The third-order valence-electron chi connectivity index (χ3n) is 6.67. The third-order valence-corrected chi connectivity index (χ3v) is 7.59. The van der Waals surface area contributed by atoms with Gasteiger partial charge in [-0.3, -0.25) is 5.01 Å². The highest BCUT2D eigenvalue weighted by molar-refractivity contribution is 7.89. The quantitative estimate of drug-likeness (QED) is 0.314. The van der Waals surface area contributed by atoms with Crippen molar-refractivity contribution in [3.8, 4) is 5.75 Å². The fraction of sp³-hybridized carbons (Fsp3) is 0.0690. The molecule has 5 aromatic carbocycles. The van der Waals surface area contributed by atoms with Crippen LogP contribution in [0.1, 0.15) is 23.6 Å². The Balaban J connectivity index is 1.57. The SMILES string of the molecule is NS(=O)(=O)c1ccc(N2N=C(c3cccc(O)c3)C[C@H]2c2c3ccccc3cc3ccccc23)cc1. The van der Waals surface area contributed by atoms with Crippen molar-refractivity contribution in [2.24, 2.45) is 10.2 Å². The van der Waals surface area contributed by atoms with Gasteiger partial charge in [0, 0.05) is 12.0 Å². The van der Waals surface area contributed by atoms with E-state index in [9.17, 15) is 13.5 Å². The normalized spacial score (nSPS) is 16.0. The smallest absolute Gasteiger partial charge is 0.238 e. The van der Waals surface area contributed by atoms with Gasteiger partial charge in [-0.1, -0.05) is 60.7 Å². The molecule has 0 bridgehead atoms. The highest BCUT2D eigenvalue weighted by Gasteiger charge is 2.32. The lowest BCUT2D eigenvalue weighted by Crippen LogP contribution is -2.19. The molecule has 1 aliphatic heterocycles. The molecule has 1 atom stereocenters. The first kappa shape index (κ1) is 22.3. The van der Waals surface area contributed by atoms with Crippen molar-refractivity contribution in [1.82, 2.24) is 0 Å². The van der Waals surface area contributed by atoms with Crippen LogP contribution in [0, 0.1) is 0 Å². The summed E-state index contributed by atoms with van der Waals surface area (Å²) in [6, 6.07) is 32.2. The maximum absolute atomic E-state index is 11.8. The Morgan fingerprint density at radius 2 is 1.44 bits per heavy atom. The summed E-state index contributed by atoms with van der Waals surface area (Å²) in [5.74, 6) is 0.179. The van der Waals surface area contributed by atoms with Crippen molar-refractivity contribution in [1.29, 1.82) is 0 Å². The Morgan fingerprint density at radius 1 is 0.806 bits per heavy atom. The molecule has 1 aliphatic rings. The average molecular weight is 494 g/mol. The number of rotatable bonds is 4. The van der Waals surface area contributed by atoms with Crippen LogP contribution in [-0.4, -0.2) is 19.2 Å². The zero-order chi connectivity index (χ0) is 24.9. The molecule has 0 fully saturated rings. The number of nitrogens with zero attached hydrogens (tertiary/aromatic N) is 2. The summed E-state index contributed by atoms with van der Waals surface area (Å²) in [5.41, 5.74) is 3.58. The van der Waals surface area contributed by atoms with Gasteiger partial charge in [-0.25, -0.2) is 13.6 Å². The fourth-order valence-corrected chi connectivity index (χ4v) is 5.55. The molecule has 1 heterocycles. The van der Waals surface area contributed by atoms with Gasteiger partial charge in [-0.15, -0.1) is 0 Å². The maximum atomic E-state index is 11.8. The summed E-state index contributed by atoms with van der Waals surface area (Å²) in [6.45, 7) is 0. The van der Waals surface area contributed by atoms with E-state index in [-0.39, 0.29) is 16.7 Å². The van der Waals surface area contributed by atoms with Crippen LogP contribution in [-0.2, 0) is 10.0 Å². The van der Waals surface area contributed by atoms with Crippen molar-refractivity contribution >= 4 is 43.0 Å². The number of hydrazone groups is 1. The summed E-state index contributed by atoms with van der Waals surface area (Å²) < 4.78 is 23.7. The van der Waals surface area contributed by atoms with E-state index in [4.69, 9.17) is 10.2 Å². The van der Waals surface area contributed by atoms with Gasteiger partial charge in [0.15, 0.2) is 0 Å². The monoisotopic (exact) mass is 493 g/mol. The van der Waals surface area contributed by atoms with Crippen molar-refractivity contribution in [2.45, 2.75) is 17.4 Å². The number of phenolic OH excluding ortho intramolecular Hbond substituents is 1. The van der Waals surface area contributed by atoms with Gasteiger partial charge in [0.05, 0.1) is 22.3 Å². The van der Waals surface area contributed by atoms with E-state index in [2.05, 4.69) is 30.3 Å². The number of primary sulfonamides is 1. The number of benzene rings is 5. The van der Waals surface area contributed by atoms with E-state index in [1.807, 2.05) is 35.3 Å². The van der Waals surface area contributed by atoms with Crippen LogP contribution in [0.25, 0.3) is 21.5 Å². The minimum atomic E-state index is -3.81. The van der Waals surface area contributed by atoms with E-state index < -0.39 is 10.0 Å². The van der Waals surface area contributed by atoms with E-state index in [1.165, 1.54) is 12.1 Å². The lowest BCUT2D eigenvalue weighted by atomic mass is 9.89. The minimum absolute atomic E-state index is 0.0507. The van der Waals surface area contributed by atoms with Crippen molar-refractivity contribution in [2.75, 3.05) is 5.01 Å². The number of aromatic hydroxyl groups is 1. The van der Waals surface area contributed by atoms with Crippen LogP contribution in [0.3, 0.4) is 0 Å². The molecule has 0 spiro atoms. The second-order valence-electron chi connectivity index (χ2n) is 8.93. The van der Waals surface area contributed by atoms with Gasteiger partial charge in [-0.05, 0) is 69.6 Å². The largest absolute Gasteiger partial charge is 0.508 e. The molecule has 36 heavy (non-hydrogen) atoms. The highest BCUT2D eigenvalue weighted by Crippen LogP contribution is 2.43. The molecule has 0 saturated carbocycles. The predicted octanol–water partition coefficient (Wildman–Crippen LogP) is 5.70. The van der Waals surface area contributed by atoms with Gasteiger partial charge < -0.3 is 5.11 Å². The van der Waals surface area contributed by atoms with Crippen LogP contribution in [0.4, 0.5) is 5.69 Å². The Labute approximate surface area is 209 Å². The first-order valence-corrected chi connectivity index (χ1v) is 13.1. The average Bonchev–Trinajstić information content (AvgIpc) is 3.32. The predicted molar refractivity (Wildman–Crippen MR) is 144 cm³/mol. The van der Waals surface area contributed by atoms with Crippen molar-refractivity contribution < 1.29 is 13.5 Å². The van der Waals surface area contributed by atoms with Crippen LogP contribution < -0.4 is 10.1 Å². The third kappa shape index (κ3) is 3.88. The number of hydrogen-bond donors (Lipinski definition) is 2. The summed E-state index contributed by atoms with van der Waals surface area (Å²) in [7, 11) is -3.81. The second-order valence-corrected chi connectivity index (χ2v) is 10.5. The van der Waals surface area contributed by atoms with E-state index in [0.717, 1.165) is 44.1 Å². The summed E-state index contributed by atoms with van der Waals surface area (Å²) in [6.07, 6.45) is 0.610. The first-order chi connectivity index (χ1) is 17.4. The lowest BCUT2D eigenvalue weighted by Gasteiger charge is -2.26. The molecule has 6 rings (SSSR count). The molecule has 7 heteroatoms.